The van der Waals surface area contributed by atoms with E-state index in [1.54, 1.807) is 24.3 Å². The number of rotatable bonds is 6. The van der Waals surface area contributed by atoms with Crippen molar-refractivity contribution in [1.82, 2.24) is 0 Å². The minimum absolute atomic E-state index is 0.0818. The number of nitrogens with two attached hydrogens (primary N) is 1. The number of carbonyl (C=O) groups is 2. The van der Waals surface area contributed by atoms with E-state index in [0.29, 0.717) is 24.3 Å². The van der Waals surface area contributed by atoms with Gasteiger partial charge >= 0.3 is 6.03 Å². The van der Waals surface area contributed by atoms with Crippen LogP contribution in [0.2, 0.25) is 0 Å². The van der Waals surface area contributed by atoms with Gasteiger partial charge in [0.25, 0.3) is 0 Å². The molecule has 0 saturated heterocycles. The first-order valence-electron chi connectivity index (χ1n) is 7.30. The van der Waals surface area contributed by atoms with E-state index in [1.807, 2.05) is 31.2 Å². The normalized spacial score (nSPS) is 9.96. The molecule has 0 bridgehead atoms. The smallest absolute Gasteiger partial charge is 0.316 e. The Morgan fingerprint density at radius 3 is 2.17 bits per heavy atom. The Kier molecular flexibility index (Phi) is 5.57. The SMILES string of the molecule is Cc1ccccc1NCCC(=O)Nc1ccc(NC(N)=O)cc1. The summed E-state index contributed by atoms with van der Waals surface area (Å²) in [5.41, 5.74) is 8.45. The summed E-state index contributed by atoms with van der Waals surface area (Å²) in [6, 6.07) is 14.1. The van der Waals surface area contributed by atoms with E-state index in [-0.39, 0.29) is 5.91 Å². The lowest BCUT2D eigenvalue weighted by atomic mass is 10.2. The van der Waals surface area contributed by atoms with E-state index in [0.717, 1.165) is 11.3 Å². The Labute approximate surface area is 135 Å². The van der Waals surface area contributed by atoms with Crippen molar-refractivity contribution in [3.8, 4) is 0 Å². The number of hydrogen-bond acceptors (Lipinski definition) is 3. The Bertz CT molecular complexity index is 683. The van der Waals surface area contributed by atoms with Crippen molar-refractivity contribution in [3.05, 3.63) is 54.1 Å². The maximum atomic E-state index is 11.9. The van der Waals surface area contributed by atoms with Crippen LogP contribution in [0.4, 0.5) is 21.9 Å². The molecule has 0 unspecified atom stereocenters. The number of benzene rings is 2. The minimum Gasteiger partial charge on any atom is -0.384 e. The molecule has 0 atom stereocenters. The number of nitrogens with one attached hydrogen (secondary N) is 3. The molecule has 0 heterocycles. The number of anilines is 3. The first-order chi connectivity index (χ1) is 11.0. The molecular formula is C17H20N4O2. The summed E-state index contributed by atoms with van der Waals surface area (Å²) in [5.74, 6) is -0.0818. The summed E-state index contributed by atoms with van der Waals surface area (Å²) in [6.07, 6.45) is 0.357. The standard InChI is InChI=1S/C17H20N4O2/c1-12-4-2-3-5-15(12)19-11-10-16(22)20-13-6-8-14(9-7-13)21-17(18)23/h2-9,19H,10-11H2,1H3,(H,20,22)(H3,18,21,23). The predicted octanol–water partition coefficient (Wildman–Crippen LogP) is 2.93. The highest BCUT2D eigenvalue weighted by atomic mass is 16.2. The average Bonchev–Trinajstić information content (AvgIpc) is 2.51. The Balaban J connectivity index is 1.78. The van der Waals surface area contributed by atoms with Crippen LogP contribution in [0.1, 0.15) is 12.0 Å². The first kappa shape index (κ1) is 16.4. The van der Waals surface area contributed by atoms with E-state index in [2.05, 4.69) is 16.0 Å². The van der Waals surface area contributed by atoms with Gasteiger partial charge in [0.2, 0.25) is 5.91 Å². The molecule has 0 aromatic heterocycles. The summed E-state index contributed by atoms with van der Waals surface area (Å²) in [7, 11) is 0. The molecule has 5 N–H and O–H groups in total. The van der Waals surface area contributed by atoms with Crippen molar-refractivity contribution in [1.29, 1.82) is 0 Å². The second kappa shape index (κ2) is 7.84. The van der Waals surface area contributed by atoms with Gasteiger partial charge in [-0.05, 0) is 42.8 Å². The van der Waals surface area contributed by atoms with Gasteiger partial charge in [0.1, 0.15) is 0 Å². The van der Waals surface area contributed by atoms with E-state index in [1.165, 1.54) is 0 Å². The molecule has 0 aliphatic heterocycles. The van der Waals surface area contributed by atoms with Crippen molar-refractivity contribution in [2.45, 2.75) is 13.3 Å². The largest absolute Gasteiger partial charge is 0.384 e. The zero-order valence-corrected chi connectivity index (χ0v) is 12.9. The van der Waals surface area contributed by atoms with Gasteiger partial charge in [0, 0.05) is 30.0 Å². The molecule has 120 valence electrons. The monoisotopic (exact) mass is 312 g/mol. The topological polar surface area (TPSA) is 96.2 Å². The van der Waals surface area contributed by atoms with Crippen molar-refractivity contribution >= 4 is 29.0 Å². The van der Waals surface area contributed by atoms with Crippen LogP contribution in [0, 0.1) is 6.92 Å². The molecule has 6 heteroatoms. The zero-order chi connectivity index (χ0) is 16.7. The van der Waals surface area contributed by atoms with Crippen molar-refractivity contribution < 1.29 is 9.59 Å². The lowest BCUT2D eigenvalue weighted by Gasteiger charge is -2.10. The van der Waals surface area contributed by atoms with E-state index in [4.69, 9.17) is 5.73 Å². The lowest BCUT2D eigenvalue weighted by molar-refractivity contribution is -0.115. The highest BCUT2D eigenvalue weighted by Crippen LogP contribution is 2.14. The fraction of sp³-hybridized carbons (Fsp3) is 0.176. The summed E-state index contributed by atoms with van der Waals surface area (Å²) >= 11 is 0. The summed E-state index contributed by atoms with van der Waals surface area (Å²) in [5, 5.41) is 8.50. The number of amides is 3. The summed E-state index contributed by atoms with van der Waals surface area (Å²) in [6.45, 7) is 2.57. The molecular weight excluding hydrogens is 292 g/mol. The van der Waals surface area contributed by atoms with Crippen molar-refractivity contribution in [2.75, 3.05) is 22.5 Å². The van der Waals surface area contributed by atoms with Crippen LogP contribution in [0.15, 0.2) is 48.5 Å². The van der Waals surface area contributed by atoms with Crippen LogP contribution in [0.25, 0.3) is 0 Å². The van der Waals surface area contributed by atoms with Gasteiger partial charge in [-0.2, -0.15) is 0 Å². The molecule has 6 nitrogen and oxygen atoms in total. The second-order valence-electron chi connectivity index (χ2n) is 5.11. The number of aryl methyl sites for hydroxylation is 1. The zero-order valence-electron chi connectivity index (χ0n) is 12.9. The average molecular weight is 312 g/mol. The van der Waals surface area contributed by atoms with Crippen LogP contribution >= 0.6 is 0 Å². The summed E-state index contributed by atoms with van der Waals surface area (Å²) in [4.78, 5) is 22.6. The van der Waals surface area contributed by atoms with Gasteiger partial charge < -0.3 is 21.7 Å². The molecule has 0 spiro atoms. The molecule has 2 rings (SSSR count). The third-order valence-corrected chi connectivity index (χ3v) is 3.25. The molecule has 0 fully saturated rings. The molecule has 0 radical (unpaired) electrons. The van der Waals surface area contributed by atoms with Crippen LogP contribution < -0.4 is 21.7 Å². The number of carbonyl (C=O) groups excluding carboxylic acids is 2. The van der Waals surface area contributed by atoms with Crippen LogP contribution in [-0.4, -0.2) is 18.5 Å². The number of hydrogen-bond donors (Lipinski definition) is 4. The Morgan fingerprint density at radius 1 is 0.957 bits per heavy atom. The first-order valence-corrected chi connectivity index (χ1v) is 7.30. The number of para-hydroxylation sites is 1. The van der Waals surface area contributed by atoms with Gasteiger partial charge in [-0.25, -0.2) is 4.79 Å². The molecule has 3 amide bonds. The molecule has 0 aliphatic rings. The quantitative estimate of drug-likeness (QED) is 0.660. The van der Waals surface area contributed by atoms with E-state index < -0.39 is 6.03 Å². The highest BCUT2D eigenvalue weighted by Gasteiger charge is 2.03. The van der Waals surface area contributed by atoms with E-state index >= 15 is 0 Å². The molecule has 2 aromatic carbocycles. The lowest BCUT2D eigenvalue weighted by Crippen LogP contribution is -2.19. The van der Waals surface area contributed by atoms with Gasteiger partial charge in [0.15, 0.2) is 0 Å². The molecule has 23 heavy (non-hydrogen) atoms. The Hall–Kier alpha value is -3.02. The molecule has 0 aliphatic carbocycles. The van der Waals surface area contributed by atoms with Gasteiger partial charge in [-0.1, -0.05) is 18.2 Å². The predicted molar refractivity (Wildman–Crippen MR) is 92.6 cm³/mol. The van der Waals surface area contributed by atoms with Crippen LogP contribution in [0.5, 0.6) is 0 Å². The van der Waals surface area contributed by atoms with E-state index in [9.17, 15) is 9.59 Å². The summed E-state index contributed by atoms with van der Waals surface area (Å²) < 4.78 is 0. The fourth-order valence-electron chi connectivity index (χ4n) is 2.08. The molecule has 2 aromatic rings. The third-order valence-electron chi connectivity index (χ3n) is 3.25. The van der Waals surface area contributed by atoms with Crippen molar-refractivity contribution in [3.63, 3.8) is 0 Å². The maximum absolute atomic E-state index is 11.9. The van der Waals surface area contributed by atoms with Gasteiger partial charge in [-0.3, -0.25) is 4.79 Å². The fourth-order valence-corrected chi connectivity index (χ4v) is 2.08. The minimum atomic E-state index is -0.621. The van der Waals surface area contributed by atoms with Crippen molar-refractivity contribution in [2.24, 2.45) is 5.73 Å². The van der Waals surface area contributed by atoms with Gasteiger partial charge in [-0.15, -0.1) is 0 Å². The number of urea groups is 1. The van der Waals surface area contributed by atoms with Crippen LogP contribution in [0.3, 0.4) is 0 Å². The Morgan fingerprint density at radius 2 is 1.57 bits per heavy atom. The maximum Gasteiger partial charge on any atom is 0.316 e. The second-order valence-corrected chi connectivity index (χ2v) is 5.11. The number of primary amides is 1. The third kappa shape index (κ3) is 5.35. The van der Waals surface area contributed by atoms with Gasteiger partial charge in [0.05, 0.1) is 0 Å². The molecule has 0 saturated carbocycles. The highest BCUT2D eigenvalue weighted by molar-refractivity contribution is 5.92. The van der Waals surface area contributed by atoms with Crippen LogP contribution in [-0.2, 0) is 4.79 Å².